The number of hydrogen-bond acceptors (Lipinski definition) is 39. The predicted molar refractivity (Wildman–Crippen MR) is 471 cm³/mol. The Morgan fingerprint density at radius 1 is 0.427 bits per heavy atom. The van der Waals surface area contributed by atoms with Gasteiger partial charge in [-0.1, -0.05) is 0 Å². The maximum absolute atomic E-state index is 16.5. The van der Waals surface area contributed by atoms with Crippen molar-refractivity contribution >= 4 is 107 Å². The lowest BCUT2D eigenvalue weighted by Crippen LogP contribution is -2.51. The van der Waals surface area contributed by atoms with E-state index in [-0.39, 0.29) is 176 Å². The molecule has 1 amide bonds. The standard InChI is InChI=1S/C70H114N33O23P5/c1-87(2)127(109,94-18-16-93(17-19-94)70(108)116-25-24-115-23-22-114-21-20-104)117-37-47-27-95(32-54(123-47)99-14-12-51(71)83-68(99)106)128(110,88(3)4)119-38-48-28-96(33-55(124-48)100-15-13-52(72)84-69(100)107)129(111,89(5)6)120-39-49-29-97(34-56(125-49)102-44-81-59-62(74)77-42-79-64(59)102)131(113,91(9)10)121-40-50-30-98(35-57(126-50)103-45-82-60-65(103)85-67(75)86-66(60)105)130(112,90(7)8)118-36-46-26-92(11)31-53(122-46)101-43-80-58-61(73)76-41-78-63(58)101/h12-15,41-50,53-57,104H,16-40H2,1-11H3,(H2,71,83,106)(H2,72,84,107)(H2,73,76,78)(H2,74,77,79)(H3,75,85,86,105). The van der Waals surface area contributed by atoms with Crippen LogP contribution in [0.2, 0.25) is 0 Å². The molecule has 12 N–H and O–H groups in total. The summed E-state index contributed by atoms with van der Waals surface area (Å²) in [6.45, 7) is -2.19. The number of aliphatic hydroxyl groups is 1. The van der Waals surface area contributed by atoms with Crippen LogP contribution < -0.4 is 45.6 Å². The van der Waals surface area contributed by atoms with Crippen molar-refractivity contribution in [3.05, 3.63) is 87.5 Å². The molecule has 6 saturated heterocycles. The molecule has 15 unspecified atom stereocenters. The molecule has 0 bridgehead atoms. The molecule has 14 rings (SSSR count). The fourth-order valence-corrected chi connectivity index (χ4v) is 25.7. The van der Waals surface area contributed by atoms with Crippen molar-refractivity contribution in [2.24, 2.45) is 0 Å². The number of hydrogen-bond donors (Lipinski definition) is 7. The minimum absolute atomic E-state index is 0.0306. The minimum atomic E-state index is -4.47. The topological polar surface area (TPSA) is 632 Å². The van der Waals surface area contributed by atoms with E-state index >= 15 is 22.8 Å². The lowest BCUT2D eigenvalue weighted by atomic mass is 10.3. The monoisotopic (exact) mass is 1940 g/mol. The maximum atomic E-state index is 16.5. The van der Waals surface area contributed by atoms with Crippen molar-refractivity contribution in [2.75, 3.05) is 270 Å². The number of nitrogens with two attached hydrogens (primary N) is 5. The van der Waals surface area contributed by atoms with E-state index < -0.39 is 149 Å². The highest BCUT2D eigenvalue weighted by atomic mass is 31.2. The smallest absolute Gasteiger partial charge is 0.409 e. The lowest BCUT2D eigenvalue weighted by Gasteiger charge is -2.46. The van der Waals surface area contributed by atoms with E-state index in [0.717, 1.165) is 9.13 Å². The van der Waals surface area contributed by atoms with Crippen LogP contribution in [-0.4, -0.2) is 418 Å². The number of carbonyl (C=O) groups is 1. The third kappa shape index (κ3) is 21.8. The number of carbonyl (C=O) groups excluding carboxylic acids is 1. The lowest BCUT2D eigenvalue weighted by molar-refractivity contribution is -0.133. The molecule has 6 aliphatic heterocycles. The zero-order valence-corrected chi connectivity index (χ0v) is 78.7. The van der Waals surface area contributed by atoms with Gasteiger partial charge in [-0.25, -0.2) is 96.0 Å². The van der Waals surface area contributed by atoms with E-state index in [2.05, 4.69) is 54.8 Å². The second kappa shape index (κ2) is 41.9. The zero-order chi connectivity index (χ0) is 93.8. The molecule has 131 heavy (non-hydrogen) atoms. The van der Waals surface area contributed by atoms with Gasteiger partial charge in [-0.3, -0.25) is 60.3 Å². The molecule has 8 aromatic rings. The van der Waals surface area contributed by atoms with Crippen LogP contribution in [0.4, 0.5) is 34.0 Å². The second-order valence-corrected chi connectivity index (χ2v) is 45.5. The van der Waals surface area contributed by atoms with E-state index in [4.69, 9.17) is 94.3 Å². The molecule has 56 nitrogen and oxygen atoms in total. The molecule has 8 aromatic heterocycles. The van der Waals surface area contributed by atoms with Crippen LogP contribution in [0.5, 0.6) is 0 Å². The van der Waals surface area contributed by atoms with E-state index in [1.165, 1.54) is 125 Å². The largest absolute Gasteiger partial charge is 0.447 e. The molecule has 0 radical (unpaired) electrons. The number of ether oxygens (including phenoxy) is 8. The van der Waals surface area contributed by atoms with Gasteiger partial charge in [-0.05, 0) is 89.7 Å². The minimum Gasteiger partial charge on any atom is -0.447 e. The van der Waals surface area contributed by atoms with Crippen LogP contribution in [0.1, 0.15) is 31.1 Å². The highest BCUT2D eigenvalue weighted by Gasteiger charge is 2.52. The number of amides is 1. The second-order valence-electron chi connectivity index (χ2n) is 32.5. The average Bonchev–Trinajstić information content (AvgIpc) is 1.76. The number of morpholine rings is 5. The normalized spacial score (nSPS) is 25.3. The van der Waals surface area contributed by atoms with Crippen molar-refractivity contribution in [2.45, 2.75) is 61.7 Å². The van der Waals surface area contributed by atoms with Gasteiger partial charge in [0, 0.05) is 77.8 Å². The summed E-state index contributed by atoms with van der Waals surface area (Å²) < 4.78 is 185. The Morgan fingerprint density at radius 3 is 1.15 bits per heavy atom. The van der Waals surface area contributed by atoms with Crippen molar-refractivity contribution in [1.29, 1.82) is 0 Å². The first-order valence-corrected chi connectivity index (χ1v) is 49.4. The molecule has 6 aliphatic rings. The summed E-state index contributed by atoms with van der Waals surface area (Å²) in [6.07, 6.45) is -1.77. The Kier molecular flexibility index (Phi) is 31.5. The number of aromatic nitrogens is 16. The Hall–Kier alpha value is -8.33. The first-order chi connectivity index (χ1) is 62.4. The quantitative estimate of drug-likeness (QED) is 0.0181. The van der Waals surface area contributed by atoms with Crippen LogP contribution in [0.3, 0.4) is 0 Å². The summed E-state index contributed by atoms with van der Waals surface area (Å²) in [5.74, 6) is -0.181. The SMILES string of the molecule is CN1CC(COP(=O)(N(C)C)N2CC(COP(=O)(N(C)C)N3CC(COP(=O)(N(C)C)N4CC(COP(=O)(N(C)C)N5CC(COP(=O)(N(C)C)N6CCN(C(=O)OCCOCCOCCO)CC6)OC(n6ccc(N)nc6=O)C5)OC(n5ccc(N)nc5=O)C4)OC(n4cnc5c(N)ncnc54)C3)OC(n3cnc4c(=O)[nH]c(N)nc43)C2)OC(n2cnc3c(N)ncnc32)C1. The number of H-pyrrole nitrogens is 1. The first-order valence-electron chi connectivity index (χ1n) is 41.7. The highest BCUT2D eigenvalue weighted by molar-refractivity contribution is 7.55. The summed E-state index contributed by atoms with van der Waals surface area (Å²) in [5, 5.41) is 8.93. The number of anilines is 5. The first kappa shape index (κ1) is 98.7. The Bertz CT molecular complexity index is 5750. The van der Waals surface area contributed by atoms with Gasteiger partial charge in [0.05, 0.1) is 142 Å². The summed E-state index contributed by atoms with van der Waals surface area (Å²) in [5.41, 5.74) is 29.6. The van der Waals surface area contributed by atoms with Gasteiger partial charge in [0.2, 0.25) is 5.95 Å². The molecule has 722 valence electrons. The van der Waals surface area contributed by atoms with Crippen molar-refractivity contribution < 1.29 is 93.2 Å². The van der Waals surface area contributed by atoms with Crippen LogP contribution in [0, 0.1) is 0 Å². The fourth-order valence-electron chi connectivity index (χ4n) is 15.8. The summed E-state index contributed by atoms with van der Waals surface area (Å²) in [6, 6.07) is 2.75. The number of aromatic amines is 1. The van der Waals surface area contributed by atoms with Crippen LogP contribution in [0.15, 0.2) is 70.5 Å². The van der Waals surface area contributed by atoms with Gasteiger partial charge >= 0.3 is 55.8 Å². The molecule has 0 aromatic carbocycles. The van der Waals surface area contributed by atoms with Gasteiger partial charge in [0.25, 0.3) is 5.56 Å². The highest BCUT2D eigenvalue weighted by Crippen LogP contribution is 2.61. The van der Waals surface area contributed by atoms with Gasteiger partial charge in [0.1, 0.15) is 60.6 Å². The van der Waals surface area contributed by atoms with Gasteiger partial charge < -0.3 is 99.2 Å². The summed E-state index contributed by atoms with van der Waals surface area (Å²) in [7, 11) is -4.03. The number of fused-ring (bicyclic) bond motifs is 3. The third-order valence-electron chi connectivity index (χ3n) is 22.4. The Morgan fingerprint density at radius 2 is 0.771 bits per heavy atom. The number of likely N-dealkylation sites (N-methyl/N-ethyl adjacent to an activating group) is 1. The number of aliphatic hydroxyl groups excluding tert-OH is 1. The molecule has 0 spiro atoms. The fraction of sp³-hybridized carbons (Fsp3) is 0.657. The van der Waals surface area contributed by atoms with Crippen molar-refractivity contribution in [1.82, 2.24) is 134 Å². The van der Waals surface area contributed by atoms with E-state index in [0.29, 0.717) is 24.3 Å². The number of nitrogens with zero attached hydrogens (tertiary/aromatic N) is 27. The van der Waals surface area contributed by atoms with Gasteiger partial charge in [-0.2, -0.15) is 15.0 Å². The van der Waals surface area contributed by atoms with Gasteiger partial charge in [-0.15, -0.1) is 0 Å². The van der Waals surface area contributed by atoms with Crippen LogP contribution in [-0.2, 0) is 83.3 Å². The zero-order valence-electron chi connectivity index (χ0n) is 74.3. The average molecular weight is 1940 g/mol. The van der Waals surface area contributed by atoms with Crippen LogP contribution in [0.25, 0.3) is 33.5 Å². The summed E-state index contributed by atoms with van der Waals surface area (Å²) >= 11 is 0. The molecule has 6 fully saturated rings. The Balaban J connectivity index is 0.706. The molecular formula is C70H114N33O23P5. The number of rotatable bonds is 38. The Labute approximate surface area is 751 Å². The molecule has 0 aliphatic carbocycles. The number of imidazole rings is 3. The molecule has 0 saturated carbocycles. The van der Waals surface area contributed by atoms with Gasteiger partial charge in [0.15, 0.2) is 46.5 Å². The maximum Gasteiger partial charge on any atom is 0.409 e. The van der Waals surface area contributed by atoms with Crippen LogP contribution >= 0.6 is 38.4 Å². The molecule has 14 heterocycles. The molecule has 61 heteroatoms. The predicted octanol–water partition coefficient (Wildman–Crippen LogP) is -0.938. The van der Waals surface area contributed by atoms with E-state index in [1.54, 1.807) is 67.1 Å². The number of nitrogens with one attached hydrogen (secondary N) is 1. The third-order valence-corrected chi connectivity index (χ3v) is 35.1. The molecule has 15 atom stereocenters. The number of piperazine rings is 1. The number of nitrogen functional groups attached to an aromatic ring is 5. The van der Waals surface area contributed by atoms with E-state index in [1.807, 2.05) is 11.9 Å². The van der Waals surface area contributed by atoms with Crippen molar-refractivity contribution in [3.8, 4) is 0 Å². The van der Waals surface area contributed by atoms with E-state index in [9.17, 15) is 19.2 Å². The van der Waals surface area contributed by atoms with Crippen molar-refractivity contribution in [3.63, 3.8) is 0 Å². The summed E-state index contributed by atoms with van der Waals surface area (Å²) in [4.78, 5) is 103. The molecular weight excluding hydrogens is 1830 g/mol.